The van der Waals surface area contributed by atoms with Gasteiger partial charge in [-0.1, -0.05) is 13.0 Å². The topological polar surface area (TPSA) is 12.0 Å². The van der Waals surface area contributed by atoms with Gasteiger partial charge in [-0.15, -0.1) is 0 Å². The molecule has 1 heterocycles. The van der Waals surface area contributed by atoms with Crippen LogP contribution in [0.2, 0.25) is 0 Å². The predicted octanol–water partition coefficient (Wildman–Crippen LogP) is 2.77. The van der Waals surface area contributed by atoms with Gasteiger partial charge in [-0.25, -0.2) is 4.39 Å². The van der Waals surface area contributed by atoms with Gasteiger partial charge in [0.1, 0.15) is 5.82 Å². The third-order valence-electron chi connectivity index (χ3n) is 3.56. The Morgan fingerprint density at radius 1 is 1.27 bits per heavy atom. The molecule has 1 N–H and O–H groups in total. The van der Waals surface area contributed by atoms with Gasteiger partial charge < -0.3 is 5.32 Å². The van der Waals surface area contributed by atoms with Gasteiger partial charge in [0.2, 0.25) is 0 Å². The van der Waals surface area contributed by atoms with Crippen LogP contribution in [0.25, 0.3) is 0 Å². The Hall–Kier alpha value is -0.890. The van der Waals surface area contributed by atoms with Crippen molar-refractivity contribution >= 4 is 0 Å². The Kier molecular flexibility index (Phi) is 2.79. The van der Waals surface area contributed by atoms with Crippen molar-refractivity contribution in [3.8, 4) is 0 Å². The molecule has 0 unspecified atom stereocenters. The number of nitrogens with one attached hydrogen (secondary N) is 1. The Labute approximate surface area is 90.7 Å². The summed E-state index contributed by atoms with van der Waals surface area (Å²) < 4.78 is 13.5. The average Bonchev–Trinajstić information content (AvgIpc) is 2.08. The maximum atomic E-state index is 13.5. The summed E-state index contributed by atoms with van der Waals surface area (Å²) in [6, 6.07) is 3.67. The lowest BCUT2D eigenvalue weighted by molar-refractivity contribution is 0.302. The van der Waals surface area contributed by atoms with Crippen molar-refractivity contribution in [2.45, 2.75) is 26.7 Å². The first-order valence-corrected chi connectivity index (χ1v) is 5.57. The summed E-state index contributed by atoms with van der Waals surface area (Å²) in [5.41, 5.74) is 3.13. The molecule has 1 aromatic carbocycles. The van der Waals surface area contributed by atoms with Gasteiger partial charge in [0.05, 0.1) is 0 Å². The van der Waals surface area contributed by atoms with E-state index in [1.165, 1.54) is 11.1 Å². The fourth-order valence-electron chi connectivity index (χ4n) is 2.25. The first-order chi connectivity index (χ1) is 7.09. The summed E-state index contributed by atoms with van der Waals surface area (Å²) in [6.07, 6.45) is 0. The van der Waals surface area contributed by atoms with Crippen molar-refractivity contribution in [3.63, 3.8) is 0 Å². The quantitative estimate of drug-likeness (QED) is 0.786. The maximum absolute atomic E-state index is 13.5. The molecule has 15 heavy (non-hydrogen) atoms. The fraction of sp³-hybridized carbons (Fsp3) is 0.538. The van der Waals surface area contributed by atoms with Crippen LogP contribution < -0.4 is 5.32 Å². The Morgan fingerprint density at radius 2 is 1.93 bits per heavy atom. The molecule has 1 saturated heterocycles. The van der Waals surface area contributed by atoms with E-state index in [1.54, 1.807) is 6.07 Å². The Bertz CT molecular complexity index is 369. The monoisotopic (exact) mass is 207 g/mol. The average molecular weight is 207 g/mol. The zero-order chi connectivity index (χ0) is 11.0. The number of rotatable bonds is 2. The van der Waals surface area contributed by atoms with Crippen LogP contribution in [0, 0.1) is 25.6 Å². The first kappa shape index (κ1) is 10.6. The van der Waals surface area contributed by atoms with Crippen molar-refractivity contribution in [2.75, 3.05) is 13.1 Å². The predicted molar refractivity (Wildman–Crippen MR) is 60.6 cm³/mol. The van der Waals surface area contributed by atoms with E-state index in [9.17, 15) is 4.39 Å². The number of hydrogen-bond donors (Lipinski definition) is 1. The third-order valence-corrected chi connectivity index (χ3v) is 3.56. The Balaban J connectivity index is 2.30. The molecule has 1 aliphatic heterocycles. The van der Waals surface area contributed by atoms with Crippen molar-refractivity contribution in [1.82, 2.24) is 5.32 Å². The lowest BCUT2D eigenvalue weighted by atomic mass is 9.81. The van der Waals surface area contributed by atoms with E-state index in [1.807, 2.05) is 13.0 Å². The zero-order valence-electron chi connectivity index (χ0n) is 9.60. The molecule has 1 aliphatic rings. The molecule has 82 valence electrons. The highest BCUT2D eigenvalue weighted by Gasteiger charge is 2.26. The smallest absolute Gasteiger partial charge is 0.126 e. The van der Waals surface area contributed by atoms with Crippen LogP contribution in [-0.2, 0) is 0 Å². The summed E-state index contributed by atoms with van der Waals surface area (Å²) in [4.78, 5) is 0. The molecule has 0 bridgehead atoms. The molecule has 2 heteroatoms. The lowest BCUT2D eigenvalue weighted by Gasteiger charge is -2.33. The molecule has 0 radical (unpaired) electrons. The van der Waals surface area contributed by atoms with E-state index < -0.39 is 0 Å². The molecule has 1 atom stereocenters. The van der Waals surface area contributed by atoms with Crippen molar-refractivity contribution in [2.24, 2.45) is 5.92 Å². The van der Waals surface area contributed by atoms with Gasteiger partial charge in [-0.2, -0.15) is 0 Å². The highest BCUT2D eigenvalue weighted by atomic mass is 19.1. The second kappa shape index (κ2) is 3.93. The molecule has 1 aromatic rings. The second-order valence-electron chi connectivity index (χ2n) is 4.66. The molecular weight excluding hydrogens is 189 g/mol. The van der Waals surface area contributed by atoms with Crippen LogP contribution in [0.15, 0.2) is 12.1 Å². The summed E-state index contributed by atoms with van der Waals surface area (Å²) in [5.74, 6) is 1.06. The fourth-order valence-corrected chi connectivity index (χ4v) is 2.25. The third kappa shape index (κ3) is 1.91. The minimum atomic E-state index is -0.0743. The summed E-state index contributed by atoms with van der Waals surface area (Å²) in [6.45, 7) is 8.22. The van der Waals surface area contributed by atoms with Gasteiger partial charge in [-0.05, 0) is 61.5 Å². The van der Waals surface area contributed by atoms with Crippen LogP contribution in [0.5, 0.6) is 0 Å². The van der Waals surface area contributed by atoms with Crippen molar-refractivity contribution < 1.29 is 4.39 Å². The molecule has 0 amide bonds. The van der Waals surface area contributed by atoms with Crippen molar-refractivity contribution in [1.29, 1.82) is 0 Å². The minimum Gasteiger partial charge on any atom is -0.316 e. The lowest BCUT2D eigenvalue weighted by Crippen LogP contribution is -2.44. The molecule has 0 spiro atoms. The van der Waals surface area contributed by atoms with Crippen LogP contribution in [0.4, 0.5) is 4.39 Å². The second-order valence-corrected chi connectivity index (χ2v) is 4.66. The Morgan fingerprint density at radius 3 is 2.47 bits per heavy atom. The summed E-state index contributed by atoms with van der Waals surface area (Å²) in [7, 11) is 0. The van der Waals surface area contributed by atoms with Crippen LogP contribution in [-0.4, -0.2) is 13.1 Å². The maximum Gasteiger partial charge on any atom is 0.126 e. The number of halogens is 1. The van der Waals surface area contributed by atoms with E-state index in [-0.39, 0.29) is 5.82 Å². The zero-order valence-corrected chi connectivity index (χ0v) is 9.60. The van der Waals surface area contributed by atoms with Crippen LogP contribution in [0.3, 0.4) is 0 Å². The molecular formula is C13H18FN. The molecule has 1 nitrogen and oxygen atoms in total. The number of aryl methyl sites for hydroxylation is 2. The molecule has 0 aliphatic carbocycles. The largest absolute Gasteiger partial charge is 0.316 e. The van der Waals surface area contributed by atoms with Gasteiger partial charge in [0.15, 0.2) is 0 Å². The van der Waals surface area contributed by atoms with Gasteiger partial charge >= 0.3 is 0 Å². The molecule has 0 saturated carbocycles. The molecule has 2 rings (SSSR count). The standard InChI is InChI=1S/C13H18FN/c1-8-4-9(2)13(14)5-12(8)10(3)11-6-15-7-11/h4-5,10-11,15H,6-7H2,1-3H3/t10-/m1/s1. The van der Waals surface area contributed by atoms with Gasteiger partial charge in [-0.3, -0.25) is 0 Å². The van der Waals surface area contributed by atoms with Crippen molar-refractivity contribution in [3.05, 3.63) is 34.6 Å². The van der Waals surface area contributed by atoms with E-state index in [0.29, 0.717) is 11.8 Å². The van der Waals surface area contributed by atoms with E-state index in [2.05, 4.69) is 19.2 Å². The first-order valence-electron chi connectivity index (χ1n) is 5.57. The SMILES string of the molecule is Cc1cc(C)c([C@H](C)C2CNC2)cc1F. The highest BCUT2D eigenvalue weighted by molar-refractivity contribution is 5.34. The van der Waals surface area contributed by atoms with E-state index >= 15 is 0 Å². The molecule has 0 aromatic heterocycles. The number of benzene rings is 1. The van der Waals surface area contributed by atoms with E-state index in [0.717, 1.165) is 18.7 Å². The minimum absolute atomic E-state index is 0.0743. The summed E-state index contributed by atoms with van der Waals surface area (Å²) >= 11 is 0. The van der Waals surface area contributed by atoms with Gasteiger partial charge in [0, 0.05) is 0 Å². The van der Waals surface area contributed by atoms with E-state index in [4.69, 9.17) is 0 Å². The number of hydrogen-bond acceptors (Lipinski definition) is 1. The van der Waals surface area contributed by atoms with Crippen LogP contribution in [0.1, 0.15) is 29.5 Å². The molecule has 1 fully saturated rings. The van der Waals surface area contributed by atoms with Gasteiger partial charge in [0.25, 0.3) is 0 Å². The normalized spacial score (nSPS) is 18.7. The summed E-state index contributed by atoms with van der Waals surface area (Å²) in [5, 5.41) is 3.26. The van der Waals surface area contributed by atoms with Crippen LogP contribution >= 0.6 is 0 Å². The highest BCUT2D eigenvalue weighted by Crippen LogP contribution is 2.30.